The summed E-state index contributed by atoms with van der Waals surface area (Å²) in [5.41, 5.74) is 4.97. The molecule has 0 aliphatic heterocycles. The van der Waals surface area contributed by atoms with E-state index in [0.29, 0.717) is 16.8 Å². The Kier molecular flexibility index (Phi) is 5.27. The third kappa shape index (κ3) is 3.98. The van der Waals surface area contributed by atoms with Gasteiger partial charge in [-0.05, 0) is 30.5 Å². The summed E-state index contributed by atoms with van der Waals surface area (Å²) in [6, 6.07) is 15.9. The third-order valence-electron chi connectivity index (χ3n) is 4.97. The van der Waals surface area contributed by atoms with Crippen LogP contribution in [0.25, 0.3) is 21.3 Å². The van der Waals surface area contributed by atoms with Crippen molar-refractivity contribution in [2.45, 2.75) is 26.9 Å². The number of thiophene rings is 1. The molecule has 2 heterocycles. The van der Waals surface area contributed by atoms with Gasteiger partial charge >= 0.3 is 0 Å². The van der Waals surface area contributed by atoms with Crippen LogP contribution in [-0.2, 0) is 17.9 Å². The highest BCUT2D eigenvalue weighted by molar-refractivity contribution is 7.17. The molecule has 0 fully saturated rings. The van der Waals surface area contributed by atoms with Crippen LogP contribution in [0.2, 0.25) is 0 Å². The largest absolute Gasteiger partial charge is 0.350 e. The Morgan fingerprint density at radius 3 is 2.62 bits per heavy atom. The zero-order chi connectivity index (χ0) is 20.4. The average Bonchev–Trinajstić information content (AvgIpc) is 3.15. The predicted octanol–water partition coefficient (Wildman–Crippen LogP) is 4.06. The molecular formula is C23H21N3O2S. The molecule has 0 aliphatic rings. The number of amides is 1. The van der Waals surface area contributed by atoms with Gasteiger partial charge in [-0.3, -0.25) is 14.2 Å². The molecule has 5 nitrogen and oxygen atoms in total. The van der Waals surface area contributed by atoms with Crippen molar-refractivity contribution in [3.05, 3.63) is 87.3 Å². The highest BCUT2D eigenvalue weighted by Gasteiger charge is 2.14. The van der Waals surface area contributed by atoms with Crippen LogP contribution < -0.4 is 10.9 Å². The molecule has 0 radical (unpaired) electrons. The first-order chi connectivity index (χ1) is 14.0. The van der Waals surface area contributed by atoms with Crippen LogP contribution in [0.3, 0.4) is 0 Å². The fourth-order valence-electron chi connectivity index (χ4n) is 3.24. The average molecular weight is 404 g/mol. The molecule has 0 saturated heterocycles. The molecule has 0 unspecified atom stereocenters. The molecule has 0 saturated carbocycles. The predicted molar refractivity (Wildman–Crippen MR) is 117 cm³/mol. The Morgan fingerprint density at radius 1 is 1.10 bits per heavy atom. The van der Waals surface area contributed by atoms with Crippen molar-refractivity contribution in [1.29, 1.82) is 0 Å². The van der Waals surface area contributed by atoms with E-state index in [9.17, 15) is 9.59 Å². The van der Waals surface area contributed by atoms with Crippen molar-refractivity contribution in [2.75, 3.05) is 0 Å². The summed E-state index contributed by atoms with van der Waals surface area (Å²) in [4.78, 5) is 30.6. The van der Waals surface area contributed by atoms with E-state index in [1.54, 1.807) is 0 Å². The van der Waals surface area contributed by atoms with Crippen molar-refractivity contribution in [3.8, 4) is 11.1 Å². The number of nitrogens with one attached hydrogen (secondary N) is 1. The summed E-state index contributed by atoms with van der Waals surface area (Å²) < 4.78 is 1.37. The molecule has 146 valence electrons. The lowest BCUT2D eigenvalue weighted by Crippen LogP contribution is -2.32. The summed E-state index contributed by atoms with van der Waals surface area (Å²) in [6.07, 6.45) is 1.45. The summed E-state index contributed by atoms with van der Waals surface area (Å²) >= 11 is 1.44. The molecule has 6 heteroatoms. The van der Waals surface area contributed by atoms with Crippen molar-refractivity contribution in [3.63, 3.8) is 0 Å². The van der Waals surface area contributed by atoms with Gasteiger partial charge in [-0.15, -0.1) is 11.3 Å². The van der Waals surface area contributed by atoms with Gasteiger partial charge in [0.25, 0.3) is 5.56 Å². The standard InChI is InChI=1S/C23H21N3O2S/c1-15-7-9-17(10-8-15)19-13-29-22-21(19)23(28)26(14-25-22)12-20(27)24-11-18-6-4-3-5-16(18)2/h3-10,13-14H,11-12H2,1-2H3,(H,24,27). The van der Waals surface area contributed by atoms with Crippen molar-refractivity contribution >= 4 is 27.5 Å². The molecule has 29 heavy (non-hydrogen) atoms. The van der Waals surface area contributed by atoms with Gasteiger partial charge in [0.05, 0.1) is 11.7 Å². The normalized spacial score (nSPS) is 11.0. The zero-order valence-electron chi connectivity index (χ0n) is 16.3. The molecule has 0 aliphatic carbocycles. The number of hydrogen-bond acceptors (Lipinski definition) is 4. The minimum Gasteiger partial charge on any atom is -0.350 e. The van der Waals surface area contributed by atoms with Gasteiger partial charge in [0, 0.05) is 17.5 Å². The van der Waals surface area contributed by atoms with E-state index in [2.05, 4.69) is 10.3 Å². The summed E-state index contributed by atoms with van der Waals surface area (Å²) in [6.45, 7) is 4.41. The maximum atomic E-state index is 13.1. The number of carbonyl (C=O) groups excluding carboxylic acids is 1. The first kappa shape index (κ1) is 19.1. The molecule has 2 aromatic carbocycles. The quantitative estimate of drug-likeness (QED) is 0.547. The number of fused-ring (bicyclic) bond motifs is 1. The van der Waals surface area contributed by atoms with Gasteiger partial charge < -0.3 is 5.32 Å². The lowest BCUT2D eigenvalue weighted by atomic mass is 10.1. The number of aromatic nitrogens is 2. The van der Waals surface area contributed by atoms with Crippen LogP contribution in [0, 0.1) is 13.8 Å². The Labute approximate surface area is 172 Å². The molecule has 0 spiro atoms. The molecule has 1 N–H and O–H groups in total. The fourth-order valence-corrected chi connectivity index (χ4v) is 4.15. The molecule has 2 aromatic heterocycles. The van der Waals surface area contributed by atoms with E-state index in [4.69, 9.17) is 0 Å². The van der Waals surface area contributed by atoms with E-state index < -0.39 is 0 Å². The number of benzene rings is 2. The van der Waals surface area contributed by atoms with E-state index in [-0.39, 0.29) is 18.0 Å². The molecule has 0 bridgehead atoms. The monoisotopic (exact) mass is 403 g/mol. The Morgan fingerprint density at radius 2 is 1.86 bits per heavy atom. The summed E-state index contributed by atoms with van der Waals surface area (Å²) in [5.74, 6) is -0.219. The van der Waals surface area contributed by atoms with Crippen molar-refractivity contribution < 1.29 is 4.79 Å². The highest BCUT2D eigenvalue weighted by Crippen LogP contribution is 2.30. The van der Waals surface area contributed by atoms with Crippen LogP contribution in [0.5, 0.6) is 0 Å². The van der Waals surface area contributed by atoms with Crippen molar-refractivity contribution in [1.82, 2.24) is 14.9 Å². The Balaban J connectivity index is 1.58. The topological polar surface area (TPSA) is 64.0 Å². The second-order valence-electron chi connectivity index (χ2n) is 7.08. The summed E-state index contributed by atoms with van der Waals surface area (Å²) in [5, 5.41) is 5.40. The molecule has 1 amide bonds. The minimum atomic E-state index is -0.219. The van der Waals surface area contributed by atoms with Gasteiger partial charge in [0.1, 0.15) is 11.4 Å². The van der Waals surface area contributed by atoms with Gasteiger partial charge in [0.15, 0.2) is 0 Å². The van der Waals surface area contributed by atoms with Gasteiger partial charge in [-0.1, -0.05) is 54.1 Å². The number of rotatable bonds is 5. The maximum Gasteiger partial charge on any atom is 0.263 e. The lowest BCUT2D eigenvalue weighted by Gasteiger charge is -2.09. The first-order valence-corrected chi connectivity index (χ1v) is 10.3. The molecule has 4 rings (SSSR count). The van der Waals surface area contributed by atoms with Crippen LogP contribution in [0.4, 0.5) is 0 Å². The van der Waals surface area contributed by atoms with Gasteiger partial charge in [-0.25, -0.2) is 4.98 Å². The Bertz CT molecular complexity index is 1240. The van der Waals surface area contributed by atoms with Crippen LogP contribution in [-0.4, -0.2) is 15.5 Å². The first-order valence-electron chi connectivity index (χ1n) is 9.38. The van der Waals surface area contributed by atoms with E-state index in [1.165, 1.54) is 22.2 Å². The van der Waals surface area contributed by atoms with Crippen LogP contribution in [0.1, 0.15) is 16.7 Å². The number of nitrogens with zero attached hydrogens (tertiary/aromatic N) is 2. The minimum absolute atomic E-state index is 0.0587. The van der Waals surface area contributed by atoms with E-state index in [0.717, 1.165) is 27.8 Å². The van der Waals surface area contributed by atoms with Crippen LogP contribution >= 0.6 is 11.3 Å². The molecular weight excluding hydrogens is 382 g/mol. The Hall–Kier alpha value is -3.25. The zero-order valence-corrected chi connectivity index (χ0v) is 17.1. The SMILES string of the molecule is Cc1ccc(-c2csc3ncn(CC(=O)NCc4ccccc4C)c(=O)c23)cc1. The molecule has 0 atom stereocenters. The van der Waals surface area contributed by atoms with Gasteiger partial charge in [-0.2, -0.15) is 0 Å². The third-order valence-corrected chi connectivity index (χ3v) is 5.86. The molecule has 4 aromatic rings. The number of hydrogen-bond donors (Lipinski definition) is 1. The highest BCUT2D eigenvalue weighted by atomic mass is 32.1. The second-order valence-corrected chi connectivity index (χ2v) is 7.93. The van der Waals surface area contributed by atoms with Crippen LogP contribution in [0.15, 0.2) is 65.0 Å². The van der Waals surface area contributed by atoms with E-state index >= 15 is 0 Å². The second kappa shape index (κ2) is 8.01. The van der Waals surface area contributed by atoms with E-state index in [1.807, 2.05) is 67.8 Å². The van der Waals surface area contributed by atoms with Crippen molar-refractivity contribution in [2.24, 2.45) is 0 Å². The summed E-state index contributed by atoms with van der Waals surface area (Å²) in [7, 11) is 0. The number of aryl methyl sites for hydroxylation is 2. The maximum absolute atomic E-state index is 13.1. The fraction of sp³-hybridized carbons (Fsp3) is 0.174. The van der Waals surface area contributed by atoms with Gasteiger partial charge in [0.2, 0.25) is 5.91 Å². The number of carbonyl (C=O) groups is 1. The smallest absolute Gasteiger partial charge is 0.263 e. The lowest BCUT2D eigenvalue weighted by molar-refractivity contribution is -0.121.